The number of hydrogen-bond acceptors (Lipinski definition) is 4. The minimum Gasteiger partial charge on any atom is -0.391 e. The first-order valence-corrected chi connectivity index (χ1v) is 5.29. The third kappa shape index (κ3) is 2.24. The number of hydrogen-bond donors (Lipinski definition) is 4. The number of aliphatic hydroxyl groups is 2. The Bertz CT molecular complexity index is 512. The normalized spacial score (nSPS) is 25.8. The zero-order valence-electron chi connectivity index (χ0n) is 9.38. The summed E-state index contributed by atoms with van der Waals surface area (Å²) in [6.07, 6.45) is 1.48. The molecule has 1 atom stereocenters. The van der Waals surface area contributed by atoms with E-state index < -0.39 is 24.1 Å². The Morgan fingerprint density at radius 2 is 1.89 bits per heavy atom. The summed E-state index contributed by atoms with van der Waals surface area (Å²) in [7, 11) is 0. The maximum atomic E-state index is 11.7. The highest BCUT2D eigenvalue weighted by atomic mass is 16.4. The quantitative estimate of drug-likeness (QED) is 0.502. The molecule has 1 aromatic carbocycles. The lowest BCUT2D eigenvalue weighted by atomic mass is 10.1. The van der Waals surface area contributed by atoms with E-state index in [1.807, 2.05) is 11.4 Å². The second-order valence-electron chi connectivity index (χ2n) is 3.90. The van der Waals surface area contributed by atoms with E-state index in [0.717, 1.165) is 5.56 Å². The van der Waals surface area contributed by atoms with Gasteiger partial charge in [-0.2, -0.15) is 0 Å². The smallest absolute Gasteiger partial charge is 0.280 e. The van der Waals surface area contributed by atoms with Gasteiger partial charge in [0.25, 0.3) is 11.8 Å². The van der Waals surface area contributed by atoms with E-state index in [-0.39, 0.29) is 5.70 Å². The van der Waals surface area contributed by atoms with Gasteiger partial charge in [-0.25, -0.2) is 0 Å². The van der Waals surface area contributed by atoms with Crippen LogP contribution in [0.3, 0.4) is 0 Å². The molecule has 2 amide bonds. The molecule has 1 unspecified atom stereocenters. The summed E-state index contributed by atoms with van der Waals surface area (Å²) in [6.45, 7) is -0.886. The van der Waals surface area contributed by atoms with E-state index in [4.69, 9.17) is 5.11 Å². The molecule has 0 aromatic heterocycles. The van der Waals surface area contributed by atoms with Gasteiger partial charge in [0.15, 0.2) is 0 Å². The summed E-state index contributed by atoms with van der Waals surface area (Å²) in [6, 6.07) is 8.93. The van der Waals surface area contributed by atoms with Crippen LogP contribution < -0.4 is 10.6 Å². The van der Waals surface area contributed by atoms with Gasteiger partial charge in [0.2, 0.25) is 5.72 Å². The molecule has 4 N–H and O–H groups in total. The zero-order valence-corrected chi connectivity index (χ0v) is 9.38. The van der Waals surface area contributed by atoms with Gasteiger partial charge >= 0.3 is 0 Å². The minimum absolute atomic E-state index is 0.0179. The molecule has 1 aliphatic heterocycles. The lowest BCUT2D eigenvalue weighted by molar-refractivity contribution is -0.156. The molecule has 94 valence electrons. The summed E-state index contributed by atoms with van der Waals surface area (Å²) >= 11 is 0. The molecule has 1 heterocycles. The molecule has 0 radical (unpaired) electrons. The van der Waals surface area contributed by atoms with Crippen LogP contribution in [0.1, 0.15) is 5.56 Å². The van der Waals surface area contributed by atoms with Gasteiger partial charge in [-0.05, 0) is 11.6 Å². The van der Waals surface area contributed by atoms with Crippen molar-refractivity contribution in [3.63, 3.8) is 0 Å². The Balaban J connectivity index is 2.26. The van der Waals surface area contributed by atoms with Crippen molar-refractivity contribution < 1.29 is 19.8 Å². The van der Waals surface area contributed by atoms with Crippen molar-refractivity contribution in [2.45, 2.75) is 5.72 Å². The van der Waals surface area contributed by atoms with Crippen molar-refractivity contribution in [2.75, 3.05) is 6.61 Å². The molecule has 1 saturated heterocycles. The Kier molecular flexibility index (Phi) is 3.14. The Hall–Kier alpha value is -2.18. The van der Waals surface area contributed by atoms with E-state index in [9.17, 15) is 14.7 Å². The summed E-state index contributed by atoms with van der Waals surface area (Å²) in [5.74, 6) is -1.53. The van der Waals surface area contributed by atoms with Crippen LogP contribution in [-0.4, -0.2) is 34.4 Å². The topological polar surface area (TPSA) is 98.7 Å². The van der Waals surface area contributed by atoms with Crippen molar-refractivity contribution in [3.8, 4) is 0 Å². The van der Waals surface area contributed by atoms with Crippen molar-refractivity contribution in [3.05, 3.63) is 41.6 Å². The van der Waals surface area contributed by atoms with Gasteiger partial charge in [0, 0.05) is 0 Å². The maximum absolute atomic E-state index is 11.7. The third-order valence-electron chi connectivity index (χ3n) is 2.53. The number of carbonyl (C=O) groups excluding carboxylic acids is 2. The molecule has 18 heavy (non-hydrogen) atoms. The summed E-state index contributed by atoms with van der Waals surface area (Å²) in [5, 5.41) is 22.8. The fourth-order valence-corrected chi connectivity index (χ4v) is 1.52. The summed E-state index contributed by atoms with van der Waals surface area (Å²) in [4.78, 5) is 23.2. The fourth-order valence-electron chi connectivity index (χ4n) is 1.52. The van der Waals surface area contributed by atoms with Crippen LogP contribution >= 0.6 is 0 Å². The molecule has 6 nitrogen and oxygen atoms in total. The monoisotopic (exact) mass is 248 g/mol. The van der Waals surface area contributed by atoms with Gasteiger partial charge in [-0.15, -0.1) is 0 Å². The zero-order chi connectivity index (χ0) is 13.2. The number of aliphatic hydroxyl groups excluding tert-OH is 1. The lowest BCUT2D eigenvalue weighted by Crippen LogP contribution is -2.66. The first-order valence-electron chi connectivity index (χ1n) is 5.29. The van der Waals surface area contributed by atoms with E-state index in [0.29, 0.717) is 0 Å². The Morgan fingerprint density at radius 1 is 1.22 bits per heavy atom. The van der Waals surface area contributed by atoms with Gasteiger partial charge in [0.1, 0.15) is 12.3 Å². The number of nitrogens with one attached hydrogen (secondary N) is 2. The Labute approximate surface area is 103 Å². The second kappa shape index (κ2) is 4.59. The molecule has 1 fully saturated rings. The van der Waals surface area contributed by atoms with E-state index in [1.165, 1.54) is 6.08 Å². The molecule has 0 aliphatic carbocycles. The largest absolute Gasteiger partial charge is 0.391 e. The number of piperazine rings is 1. The average Bonchev–Trinajstić information content (AvgIpc) is 2.37. The number of rotatable bonds is 2. The standard InChI is InChI=1S/C12H12N2O4/c15-7-12(18)11(17)13-9(10(16)14-12)6-8-4-2-1-3-5-8/h1-6,15,18H,7H2,(H,13,17)(H,14,16). The number of benzene rings is 1. The van der Waals surface area contributed by atoms with Crippen LogP contribution in [0.25, 0.3) is 6.08 Å². The third-order valence-corrected chi connectivity index (χ3v) is 2.53. The highest BCUT2D eigenvalue weighted by molar-refractivity contribution is 6.08. The summed E-state index contributed by atoms with van der Waals surface area (Å²) < 4.78 is 0. The molecule has 0 spiro atoms. The predicted molar refractivity (Wildman–Crippen MR) is 62.7 cm³/mol. The number of carbonyl (C=O) groups is 2. The van der Waals surface area contributed by atoms with Crippen LogP contribution in [0, 0.1) is 0 Å². The summed E-state index contributed by atoms with van der Waals surface area (Å²) in [5.41, 5.74) is -1.51. The first kappa shape index (κ1) is 12.3. The highest BCUT2D eigenvalue weighted by Gasteiger charge is 2.42. The van der Waals surface area contributed by atoms with Gasteiger partial charge in [-0.3, -0.25) is 9.59 Å². The van der Waals surface area contributed by atoms with E-state index >= 15 is 0 Å². The number of amides is 2. The van der Waals surface area contributed by atoms with Crippen molar-refractivity contribution in [1.82, 2.24) is 10.6 Å². The molecule has 1 aromatic rings. The molecular weight excluding hydrogens is 236 g/mol. The predicted octanol–water partition coefficient (Wildman–Crippen LogP) is -1.05. The maximum Gasteiger partial charge on any atom is 0.280 e. The van der Waals surface area contributed by atoms with Crippen molar-refractivity contribution >= 4 is 17.9 Å². The van der Waals surface area contributed by atoms with Crippen LogP contribution in [0.4, 0.5) is 0 Å². The molecule has 0 saturated carbocycles. The molecule has 6 heteroatoms. The van der Waals surface area contributed by atoms with Gasteiger partial charge in [-0.1, -0.05) is 30.3 Å². The van der Waals surface area contributed by atoms with Crippen LogP contribution in [-0.2, 0) is 9.59 Å². The first-order chi connectivity index (χ1) is 8.55. The molecular formula is C12H12N2O4. The minimum atomic E-state index is -2.26. The van der Waals surface area contributed by atoms with E-state index in [2.05, 4.69) is 5.32 Å². The molecule has 1 aliphatic rings. The van der Waals surface area contributed by atoms with Gasteiger partial charge in [0.05, 0.1) is 0 Å². The van der Waals surface area contributed by atoms with Crippen LogP contribution in [0.15, 0.2) is 36.0 Å². The van der Waals surface area contributed by atoms with Crippen molar-refractivity contribution in [1.29, 1.82) is 0 Å². The Morgan fingerprint density at radius 3 is 2.50 bits per heavy atom. The second-order valence-corrected chi connectivity index (χ2v) is 3.90. The van der Waals surface area contributed by atoms with Gasteiger partial charge < -0.3 is 20.8 Å². The SMILES string of the molecule is O=C1NC(O)(CO)C(=O)NC1=Cc1ccccc1. The average molecular weight is 248 g/mol. The highest BCUT2D eigenvalue weighted by Crippen LogP contribution is 2.12. The van der Waals surface area contributed by atoms with E-state index in [1.54, 1.807) is 24.3 Å². The van der Waals surface area contributed by atoms with Crippen molar-refractivity contribution in [2.24, 2.45) is 0 Å². The van der Waals surface area contributed by atoms with Crippen LogP contribution in [0.5, 0.6) is 0 Å². The molecule has 0 bridgehead atoms. The fraction of sp³-hybridized carbons (Fsp3) is 0.167. The lowest BCUT2D eigenvalue weighted by Gasteiger charge is -2.31. The van der Waals surface area contributed by atoms with Crippen LogP contribution in [0.2, 0.25) is 0 Å². The molecule has 2 rings (SSSR count).